The Morgan fingerprint density at radius 3 is 1.47 bits per heavy atom. The molecule has 2 aromatic carbocycles. The molecule has 0 radical (unpaired) electrons. The van der Waals surface area contributed by atoms with Crippen molar-refractivity contribution < 1.29 is 27.9 Å². The first-order chi connectivity index (χ1) is 26.1. The van der Waals surface area contributed by atoms with Gasteiger partial charge in [0.25, 0.3) is 0 Å². The van der Waals surface area contributed by atoms with E-state index < -0.39 is 5.60 Å². The molecular weight excluding hydrogens is 703 g/mol. The van der Waals surface area contributed by atoms with E-state index >= 15 is 0 Å². The molecule has 2 saturated carbocycles. The number of hydrogen-bond donors (Lipinski definition) is 3. The first kappa shape index (κ1) is 42.2. The lowest BCUT2D eigenvalue weighted by Crippen LogP contribution is -2.51. The Hall–Kier alpha value is -3.93. The number of benzene rings is 2. The normalized spacial score (nSPS) is 19.9. The smallest absolute Gasteiger partial charge is 0.410 e. The number of halogens is 2. The van der Waals surface area contributed by atoms with Crippen molar-refractivity contribution in [3.63, 3.8) is 0 Å². The van der Waals surface area contributed by atoms with Crippen molar-refractivity contribution in [2.24, 2.45) is 10.8 Å². The lowest BCUT2D eigenvalue weighted by atomic mass is 9.79. The molecule has 2 aromatic rings. The molecule has 12 heteroatoms. The number of piperidine rings is 2. The van der Waals surface area contributed by atoms with Gasteiger partial charge in [-0.2, -0.15) is 0 Å². The quantitative estimate of drug-likeness (QED) is 0.248. The van der Waals surface area contributed by atoms with Crippen LogP contribution in [0.5, 0.6) is 0 Å². The summed E-state index contributed by atoms with van der Waals surface area (Å²) in [6, 6.07) is 12.2. The van der Waals surface area contributed by atoms with Crippen LogP contribution < -0.4 is 16.0 Å². The molecular formula is C43H64F2N6O4. The number of amides is 5. The van der Waals surface area contributed by atoms with Crippen LogP contribution in [0.1, 0.15) is 112 Å². The third-order valence-corrected chi connectivity index (χ3v) is 11.8. The summed E-state index contributed by atoms with van der Waals surface area (Å²) < 4.78 is 31.8. The van der Waals surface area contributed by atoms with E-state index in [4.69, 9.17) is 4.74 Å². The first-order valence-electron chi connectivity index (χ1n) is 20.5. The summed E-state index contributed by atoms with van der Waals surface area (Å²) in [7, 11) is 0. The molecule has 304 valence electrons. The van der Waals surface area contributed by atoms with Gasteiger partial charge in [-0.25, -0.2) is 23.2 Å². The lowest BCUT2D eigenvalue weighted by Gasteiger charge is -2.43. The van der Waals surface area contributed by atoms with Gasteiger partial charge in [-0.05, 0) is 145 Å². The van der Waals surface area contributed by atoms with E-state index in [9.17, 15) is 23.2 Å². The molecule has 2 heterocycles. The summed E-state index contributed by atoms with van der Waals surface area (Å²) in [5.41, 5.74) is 0.851. The van der Waals surface area contributed by atoms with E-state index in [1.807, 2.05) is 30.6 Å². The highest BCUT2D eigenvalue weighted by Gasteiger charge is 2.39. The van der Waals surface area contributed by atoms with Crippen LogP contribution in [-0.4, -0.2) is 89.8 Å². The predicted octanol–water partition coefficient (Wildman–Crippen LogP) is 9.63. The van der Waals surface area contributed by atoms with Crippen LogP contribution in [0.2, 0.25) is 0 Å². The zero-order valence-corrected chi connectivity index (χ0v) is 33.7. The summed E-state index contributed by atoms with van der Waals surface area (Å²) in [6.45, 7) is 14.9. The zero-order valence-electron chi connectivity index (χ0n) is 33.7. The number of hydrogen-bond acceptors (Lipinski definition) is 5. The zero-order chi connectivity index (χ0) is 39.6. The Balaban J connectivity index is 0.000000218. The van der Waals surface area contributed by atoms with Crippen LogP contribution in [0.4, 0.5) is 34.5 Å². The second kappa shape index (κ2) is 18.8. The van der Waals surface area contributed by atoms with Gasteiger partial charge in [-0.15, -0.1) is 0 Å². The first-order valence-corrected chi connectivity index (χ1v) is 20.5. The minimum absolute atomic E-state index is 0.0479. The van der Waals surface area contributed by atoms with Crippen molar-refractivity contribution in [3.8, 4) is 0 Å². The van der Waals surface area contributed by atoms with Crippen molar-refractivity contribution >= 4 is 29.5 Å². The van der Waals surface area contributed by atoms with Gasteiger partial charge < -0.3 is 35.4 Å². The van der Waals surface area contributed by atoms with Crippen LogP contribution in [0.15, 0.2) is 48.5 Å². The Morgan fingerprint density at radius 2 is 1.09 bits per heavy atom. The third kappa shape index (κ3) is 12.8. The highest BCUT2D eigenvalue weighted by molar-refractivity contribution is 5.90. The largest absolute Gasteiger partial charge is 0.444 e. The van der Waals surface area contributed by atoms with Crippen molar-refractivity contribution in [2.45, 2.75) is 129 Å². The van der Waals surface area contributed by atoms with Gasteiger partial charge in [-0.1, -0.05) is 39.5 Å². The molecule has 0 bridgehead atoms. The van der Waals surface area contributed by atoms with E-state index in [0.717, 1.165) is 83.8 Å². The van der Waals surface area contributed by atoms with E-state index in [1.54, 1.807) is 29.2 Å². The maximum atomic E-state index is 13.2. The second-order valence-corrected chi connectivity index (χ2v) is 17.8. The van der Waals surface area contributed by atoms with Crippen LogP contribution in [0, 0.1) is 22.5 Å². The predicted molar refractivity (Wildman–Crippen MR) is 214 cm³/mol. The molecule has 55 heavy (non-hydrogen) atoms. The Kier molecular flexibility index (Phi) is 14.4. The Bertz CT molecular complexity index is 1540. The molecule has 10 nitrogen and oxygen atoms in total. The number of carbonyl (C=O) groups excluding carboxylic acids is 3. The van der Waals surface area contributed by atoms with Crippen molar-refractivity contribution in [1.82, 2.24) is 20.0 Å². The molecule has 0 aromatic heterocycles. The van der Waals surface area contributed by atoms with Crippen molar-refractivity contribution in [1.29, 1.82) is 0 Å². The molecule has 2 aliphatic heterocycles. The van der Waals surface area contributed by atoms with Crippen LogP contribution in [0.25, 0.3) is 0 Å². The fourth-order valence-corrected chi connectivity index (χ4v) is 8.35. The average Bonchev–Trinajstić information content (AvgIpc) is 3.88. The van der Waals surface area contributed by atoms with E-state index in [0.29, 0.717) is 37.1 Å². The number of urea groups is 2. The number of nitrogens with one attached hydrogen (secondary N) is 3. The maximum Gasteiger partial charge on any atom is 0.410 e. The molecule has 0 spiro atoms. The van der Waals surface area contributed by atoms with Gasteiger partial charge in [0.1, 0.15) is 17.2 Å². The minimum atomic E-state index is -0.504. The highest BCUT2D eigenvalue weighted by atomic mass is 19.1. The van der Waals surface area contributed by atoms with Crippen LogP contribution in [-0.2, 0) is 4.74 Å². The Labute approximate surface area is 327 Å². The molecule has 2 saturated heterocycles. The van der Waals surface area contributed by atoms with E-state index in [2.05, 4.69) is 29.8 Å². The average molecular weight is 767 g/mol. The van der Waals surface area contributed by atoms with Gasteiger partial charge in [0.15, 0.2) is 0 Å². The van der Waals surface area contributed by atoms with Crippen LogP contribution >= 0.6 is 0 Å². The molecule has 2 aliphatic carbocycles. The molecule has 0 unspecified atom stereocenters. The minimum Gasteiger partial charge on any atom is -0.444 e. The topological polar surface area (TPSA) is 106 Å². The maximum absolute atomic E-state index is 13.2. The van der Waals surface area contributed by atoms with Gasteiger partial charge in [0, 0.05) is 49.6 Å². The number of rotatable bonds is 8. The fraction of sp³-hybridized carbons (Fsp3) is 0.651. The summed E-state index contributed by atoms with van der Waals surface area (Å²) in [5, 5.41) is 9.30. The number of nitrogens with zero attached hydrogens (tertiary/aromatic N) is 3. The van der Waals surface area contributed by atoms with Crippen LogP contribution in [0.3, 0.4) is 0 Å². The second-order valence-electron chi connectivity index (χ2n) is 17.8. The molecule has 4 fully saturated rings. The van der Waals surface area contributed by atoms with E-state index in [1.165, 1.54) is 37.1 Å². The van der Waals surface area contributed by atoms with Crippen molar-refractivity contribution in [2.75, 3.05) is 49.9 Å². The van der Waals surface area contributed by atoms with Gasteiger partial charge in [0.05, 0.1) is 0 Å². The Morgan fingerprint density at radius 1 is 0.709 bits per heavy atom. The highest BCUT2D eigenvalue weighted by Crippen LogP contribution is 2.36. The summed E-state index contributed by atoms with van der Waals surface area (Å²) in [6.07, 6.45) is 12.4. The summed E-state index contributed by atoms with van der Waals surface area (Å²) >= 11 is 0. The summed E-state index contributed by atoms with van der Waals surface area (Å²) in [5.74, 6) is -0.613. The fourth-order valence-electron chi connectivity index (χ4n) is 8.35. The number of carbonyl (C=O) groups is 3. The summed E-state index contributed by atoms with van der Waals surface area (Å²) in [4.78, 5) is 44.3. The van der Waals surface area contributed by atoms with Gasteiger partial charge >= 0.3 is 18.2 Å². The lowest BCUT2D eigenvalue weighted by molar-refractivity contribution is 0.00775. The molecule has 3 N–H and O–H groups in total. The molecule has 6 rings (SSSR count). The van der Waals surface area contributed by atoms with Gasteiger partial charge in [0.2, 0.25) is 0 Å². The number of likely N-dealkylation sites (tertiary alicyclic amines) is 1. The molecule has 5 amide bonds. The third-order valence-electron chi connectivity index (χ3n) is 11.8. The van der Waals surface area contributed by atoms with Crippen molar-refractivity contribution in [3.05, 3.63) is 60.2 Å². The van der Waals surface area contributed by atoms with Gasteiger partial charge in [-0.3, -0.25) is 0 Å². The monoisotopic (exact) mass is 766 g/mol. The standard InChI is InChI=1S/C24H36FN3O3.C19H28FN3O/c1-23(2,3)31-22(30)27-15-13-24(4,14-16-27)17-28(20-7-5-6-8-20)21(29)26-19-11-9-18(25)10-12-19;1-19(10-12-21-13-11-19)14-23(17-4-2-3-5-17)18(24)22-16-8-6-15(20)7-9-16/h9-12,20H,5-8,13-17H2,1-4H3,(H,26,29);6-9,17,21H,2-5,10-14H2,1H3,(H,22,24). The number of ether oxygens (including phenoxy) is 1. The molecule has 0 atom stereocenters. The SMILES string of the molecule is CC1(CN(C(=O)Nc2ccc(F)cc2)C2CCCC2)CCN(C(=O)OC(C)(C)C)CC1.CC1(CN(C(=O)Nc2ccc(F)cc2)C2CCCC2)CCNCC1. The molecule has 4 aliphatic rings. The van der Waals surface area contributed by atoms with E-state index in [-0.39, 0.29) is 46.7 Å². The number of anilines is 2.